The Morgan fingerprint density at radius 1 is 1.29 bits per heavy atom. The van der Waals surface area contributed by atoms with Crippen LogP contribution in [0, 0.1) is 13.8 Å². The first-order valence-corrected chi connectivity index (χ1v) is 7.59. The topological polar surface area (TPSA) is 87.7 Å². The Balaban J connectivity index is 2.20. The summed E-state index contributed by atoms with van der Waals surface area (Å²) >= 11 is 1.37. The van der Waals surface area contributed by atoms with Crippen molar-refractivity contribution in [1.82, 2.24) is 15.2 Å². The molecule has 6 nitrogen and oxygen atoms in total. The number of nitrogens with one attached hydrogen (secondary N) is 2. The molecule has 2 rings (SSSR count). The molecule has 0 unspecified atom stereocenters. The van der Waals surface area contributed by atoms with Gasteiger partial charge in [0.2, 0.25) is 5.13 Å². The summed E-state index contributed by atoms with van der Waals surface area (Å²) in [4.78, 5) is 26.8. The summed E-state index contributed by atoms with van der Waals surface area (Å²) in [7, 11) is 0. The molecule has 0 saturated heterocycles. The van der Waals surface area contributed by atoms with E-state index in [1.807, 2.05) is 0 Å². The van der Waals surface area contributed by atoms with E-state index in [0.29, 0.717) is 27.6 Å². The van der Waals surface area contributed by atoms with Gasteiger partial charge in [-0.15, -0.1) is 10.2 Å². The standard InChI is InChI=1S/C14H18N4O2S/c1-5-6-10-17-18-14(21-10)16-13(20)12-7(2)11(9(4)19)8(3)15-12/h15H,5-6H2,1-4H3,(H,16,18,20). The highest BCUT2D eigenvalue weighted by Gasteiger charge is 2.20. The molecular formula is C14H18N4O2S. The summed E-state index contributed by atoms with van der Waals surface area (Å²) < 4.78 is 0. The molecule has 0 fully saturated rings. The van der Waals surface area contributed by atoms with E-state index in [4.69, 9.17) is 0 Å². The second-order valence-electron chi connectivity index (χ2n) is 4.89. The Bertz CT molecular complexity index is 687. The van der Waals surface area contributed by atoms with Crippen LogP contribution in [0.25, 0.3) is 0 Å². The van der Waals surface area contributed by atoms with E-state index in [0.717, 1.165) is 17.8 Å². The Morgan fingerprint density at radius 2 is 2.00 bits per heavy atom. The fourth-order valence-corrected chi connectivity index (χ4v) is 3.12. The van der Waals surface area contributed by atoms with Crippen molar-refractivity contribution in [2.24, 2.45) is 0 Å². The average molecular weight is 306 g/mol. The first-order valence-electron chi connectivity index (χ1n) is 6.77. The van der Waals surface area contributed by atoms with Gasteiger partial charge in [0.25, 0.3) is 5.91 Å². The minimum absolute atomic E-state index is 0.0542. The van der Waals surface area contributed by atoms with Crippen LogP contribution >= 0.6 is 11.3 Å². The van der Waals surface area contributed by atoms with Gasteiger partial charge in [0, 0.05) is 17.7 Å². The molecule has 21 heavy (non-hydrogen) atoms. The van der Waals surface area contributed by atoms with Crippen LogP contribution in [-0.4, -0.2) is 26.9 Å². The Hall–Kier alpha value is -2.02. The van der Waals surface area contributed by atoms with E-state index in [1.54, 1.807) is 13.8 Å². The molecule has 0 aliphatic carbocycles. The van der Waals surface area contributed by atoms with Crippen LogP contribution in [0.5, 0.6) is 0 Å². The van der Waals surface area contributed by atoms with Gasteiger partial charge >= 0.3 is 0 Å². The summed E-state index contributed by atoms with van der Waals surface area (Å²) in [6.45, 7) is 7.10. The molecule has 7 heteroatoms. The number of H-pyrrole nitrogens is 1. The van der Waals surface area contributed by atoms with Crippen molar-refractivity contribution >= 4 is 28.2 Å². The van der Waals surface area contributed by atoms with E-state index < -0.39 is 0 Å². The van der Waals surface area contributed by atoms with Crippen molar-refractivity contribution in [2.45, 2.75) is 40.5 Å². The quantitative estimate of drug-likeness (QED) is 0.831. The van der Waals surface area contributed by atoms with Gasteiger partial charge in [-0.3, -0.25) is 14.9 Å². The third kappa shape index (κ3) is 3.18. The molecule has 0 aliphatic heterocycles. The van der Waals surface area contributed by atoms with Crippen molar-refractivity contribution < 1.29 is 9.59 Å². The maximum atomic E-state index is 12.3. The van der Waals surface area contributed by atoms with Gasteiger partial charge < -0.3 is 4.98 Å². The van der Waals surface area contributed by atoms with E-state index >= 15 is 0 Å². The average Bonchev–Trinajstić information content (AvgIpc) is 2.94. The lowest BCUT2D eigenvalue weighted by molar-refractivity contribution is 0.101. The number of amides is 1. The molecule has 0 spiro atoms. The molecule has 2 heterocycles. The SMILES string of the molecule is CCCc1nnc(NC(=O)c2[nH]c(C)c(C(C)=O)c2C)s1. The van der Waals surface area contributed by atoms with Crippen LogP contribution in [-0.2, 0) is 6.42 Å². The Kier molecular flexibility index (Phi) is 4.52. The smallest absolute Gasteiger partial charge is 0.274 e. The molecule has 112 valence electrons. The lowest BCUT2D eigenvalue weighted by atomic mass is 10.1. The third-order valence-electron chi connectivity index (χ3n) is 3.17. The molecule has 2 N–H and O–H groups in total. The molecule has 0 radical (unpaired) electrons. The molecule has 0 aromatic carbocycles. The van der Waals surface area contributed by atoms with Crippen LogP contribution in [0.1, 0.15) is 57.4 Å². The largest absolute Gasteiger partial charge is 0.354 e. The van der Waals surface area contributed by atoms with Crippen LogP contribution in [0.2, 0.25) is 0 Å². The molecule has 2 aromatic rings. The summed E-state index contributed by atoms with van der Waals surface area (Å²) in [5.41, 5.74) is 2.33. The monoisotopic (exact) mass is 306 g/mol. The molecular weight excluding hydrogens is 288 g/mol. The van der Waals surface area contributed by atoms with Crippen molar-refractivity contribution in [1.29, 1.82) is 0 Å². The van der Waals surface area contributed by atoms with Crippen molar-refractivity contribution in [3.05, 3.63) is 27.5 Å². The van der Waals surface area contributed by atoms with Crippen molar-refractivity contribution in [3.63, 3.8) is 0 Å². The number of hydrogen-bond donors (Lipinski definition) is 2. The number of nitrogens with zero attached hydrogens (tertiary/aromatic N) is 2. The van der Waals surface area contributed by atoms with Gasteiger partial charge in [0.15, 0.2) is 5.78 Å². The number of ketones is 1. The number of carbonyl (C=O) groups excluding carboxylic acids is 2. The maximum absolute atomic E-state index is 12.3. The lowest BCUT2D eigenvalue weighted by Crippen LogP contribution is -2.13. The van der Waals surface area contributed by atoms with E-state index in [9.17, 15) is 9.59 Å². The summed E-state index contributed by atoms with van der Waals surface area (Å²) in [6, 6.07) is 0. The highest BCUT2D eigenvalue weighted by Crippen LogP contribution is 2.21. The summed E-state index contributed by atoms with van der Waals surface area (Å²) in [5.74, 6) is -0.358. The van der Waals surface area contributed by atoms with E-state index in [2.05, 4.69) is 27.4 Å². The van der Waals surface area contributed by atoms with Gasteiger partial charge in [0.05, 0.1) is 0 Å². The van der Waals surface area contributed by atoms with Gasteiger partial charge in [-0.25, -0.2) is 0 Å². The minimum atomic E-state index is -0.303. The Morgan fingerprint density at radius 3 is 2.57 bits per heavy atom. The van der Waals surface area contributed by atoms with Crippen LogP contribution in [0.3, 0.4) is 0 Å². The number of aromatic amines is 1. The minimum Gasteiger partial charge on any atom is -0.354 e. The van der Waals surface area contributed by atoms with E-state index in [-0.39, 0.29) is 11.7 Å². The number of carbonyl (C=O) groups is 2. The first kappa shape index (κ1) is 15.4. The first-order chi connectivity index (χ1) is 9.93. The number of aryl methyl sites for hydroxylation is 2. The lowest BCUT2D eigenvalue weighted by Gasteiger charge is -2.00. The molecule has 0 saturated carbocycles. The number of hydrogen-bond acceptors (Lipinski definition) is 5. The third-order valence-corrected chi connectivity index (χ3v) is 4.07. The fraction of sp³-hybridized carbons (Fsp3) is 0.429. The van der Waals surface area contributed by atoms with Gasteiger partial charge in [-0.05, 0) is 32.8 Å². The zero-order chi connectivity index (χ0) is 15.6. The predicted molar refractivity (Wildman–Crippen MR) is 82.1 cm³/mol. The second-order valence-corrected chi connectivity index (χ2v) is 5.95. The highest BCUT2D eigenvalue weighted by molar-refractivity contribution is 7.15. The molecule has 0 atom stereocenters. The van der Waals surface area contributed by atoms with Gasteiger partial charge in [0.1, 0.15) is 10.7 Å². The zero-order valence-corrected chi connectivity index (χ0v) is 13.3. The van der Waals surface area contributed by atoms with E-state index in [1.165, 1.54) is 18.3 Å². The van der Waals surface area contributed by atoms with Crippen LogP contribution in [0.4, 0.5) is 5.13 Å². The molecule has 2 aromatic heterocycles. The van der Waals surface area contributed by atoms with Crippen molar-refractivity contribution in [3.8, 4) is 0 Å². The number of Topliss-reactive ketones (excluding diaryl/α,β-unsaturated/α-hetero) is 1. The van der Waals surface area contributed by atoms with Crippen LogP contribution < -0.4 is 5.32 Å². The summed E-state index contributed by atoms with van der Waals surface area (Å²) in [6.07, 6.45) is 1.84. The highest BCUT2D eigenvalue weighted by atomic mass is 32.1. The second kappa shape index (κ2) is 6.17. The normalized spacial score (nSPS) is 10.7. The fourth-order valence-electron chi connectivity index (χ4n) is 2.28. The number of rotatable bonds is 5. The molecule has 1 amide bonds. The van der Waals surface area contributed by atoms with Gasteiger partial charge in [-0.1, -0.05) is 18.3 Å². The molecule has 0 bridgehead atoms. The maximum Gasteiger partial charge on any atom is 0.274 e. The Labute approximate surface area is 127 Å². The van der Waals surface area contributed by atoms with Gasteiger partial charge in [-0.2, -0.15) is 0 Å². The zero-order valence-electron chi connectivity index (χ0n) is 12.5. The number of anilines is 1. The molecule has 0 aliphatic rings. The summed E-state index contributed by atoms with van der Waals surface area (Å²) in [5, 5.41) is 12.1. The van der Waals surface area contributed by atoms with Crippen LogP contribution in [0.15, 0.2) is 0 Å². The number of aromatic nitrogens is 3. The van der Waals surface area contributed by atoms with Crippen molar-refractivity contribution in [2.75, 3.05) is 5.32 Å². The predicted octanol–water partition coefficient (Wildman–Crippen LogP) is 2.89.